The minimum atomic E-state index is -0.351. The predicted molar refractivity (Wildman–Crippen MR) is 214 cm³/mol. The zero-order chi connectivity index (χ0) is 38.7. The number of pyridine rings is 2. The number of piperazine rings is 1. The minimum Gasteiger partial charge on any atom is -0.381 e. The number of carbonyl (C=O) groups excluding carboxylic acids is 2. The molecule has 4 fully saturated rings. The molecule has 16 heteroatoms. The number of aromatic nitrogens is 7. The van der Waals surface area contributed by atoms with Gasteiger partial charge in [-0.1, -0.05) is 5.21 Å². The highest BCUT2D eigenvalue weighted by molar-refractivity contribution is 6.05. The third-order valence-corrected chi connectivity index (χ3v) is 12.0. The van der Waals surface area contributed by atoms with Crippen LogP contribution in [0.5, 0.6) is 0 Å². The van der Waals surface area contributed by atoms with E-state index in [4.69, 9.17) is 9.72 Å². The van der Waals surface area contributed by atoms with Crippen molar-refractivity contribution in [3.05, 3.63) is 72.4 Å². The van der Waals surface area contributed by atoms with Gasteiger partial charge in [0.15, 0.2) is 11.5 Å². The van der Waals surface area contributed by atoms with Crippen LogP contribution in [0.25, 0.3) is 22.5 Å². The number of amides is 3. The quantitative estimate of drug-likeness (QED) is 0.199. The summed E-state index contributed by atoms with van der Waals surface area (Å²) in [6.45, 7) is 7.01. The molecule has 7 heterocycles. The second-order valence-electron chi connectivity index (χ2n) is 15.6. The first-order valence-corrected chi connectivity index (χ1v) is 20.2. The van der Waals surface area contributed by atoms with E-state index in [9.17, 15) is 14.9 Å². The lowest BCUT2D eigenvalue weighted by Gasteiger charge is -2.37. The number of fused-ring (bicyclic) bond motifs is 1. The van der Waals surface area contributed by atoms with Crippen molar-refractivity contribution in [1.82, 2.24) is 45.0 Å². The van der Waals surface area contributed by atoms with Crippen molar-refractivity contribution in [1.29, 1.82) is 5.26 Å². The van der Waals surface area contributed by atoms with Crippen molar-refractivity contribution < 1.29 is 14.3 Å². The maximum Gasteiger partial charge on any atom is 0.328 e. The summed E-state index contributed by atoms with van der Waals surface area (Å²) in [5.74, 6) is 1.51. The zero-order valence-corrected chi connectivity index (χ0v) is 32.0. The predicted octanol–water partition coefficient (Wildman–Crippen LogP) is 4.79. The number of nitriles is 1. The van der Waals surface area contributed by atoms with Crippen molar-refractivity contribution in [2.45, 2.75) is 63.3 Å². The summed E-state index contributed by atoms with van der Waals surface area (Å²) in [7, 11) is 0. The van der Waals surface area contributed by atoms with Crippen LogP contribution in [0.3, 0.4) is 0 Å². The van der Waals surface area contributed by atoms with E-state index in [0.29, 0.717) is 35.9 Å². The van der Waals surface area contributed by atoms with Gasteiger partial charge in [0.05, 0.1) is 35.5 Å². The standard InChI is InChI=1S/C41H47N13O3/c42-23-29-21-31-25-45-54(40(31)44-24-29)38-22-35(46-32-11-19-57-20-12-32)37(26-43-38)53-27-36(48-49-53)30-3-1-28(2-4-30)9-13-50-15-17-51(18-16-50)33-5-7-34(8-6-33)52-14-10-39(55)47-41(52)56/h5-8,21-22,24-28,30,32H,1-4,9-20H2,(H,43,46)(H,47,55,56). The lowest BCUT2D eigenvalue weighted by molar-refractivity contribution is -0.120. The Labute approximate surface area is 330 Å². The smallest absolute Gasteiger partial charge is 0.328 e. The summed E-state index contributed by atoms with van der Waals surface area (Å²) in [6.07, 6.45) is 15.1. The third-order valence-electron chi connectivity index (χ3n) is 12.0. The van der Waals surface area contributed by atoms with Crippen LogP contribution in [0.1, 0.15) is 68.5 Å². The zero-order valence-electron chi connectivity index (χ0n) is 32.0. The fourth-order valence-corrected chi connectivity index (χ4v) is 8.64. The molecule has 0 atom stereocenters. The van der Waals surface area contributed by atoms with Crippen LogP contribution in [0.4, 0.5) is 21.9 Å². The normalized spacial score (nSPS) is 21.1. The van der Waals surface area contributed by atoms with E-state index in [1.54, 1.807) is 28.0 Å². The van der Waals surface area contributed by atoms with Gasteiger partial charge in [-0.15, -0.1) is 5.10 Å². The fourth-order valence-electron chi connectivity index (χ4n) is 8.64. The van der Waals surface area contributed by atoms with E-state index < -0.39 is 0 Å². The van der Waals surface area contributed by atoms with Crippen LogP contribution in [0.15, 0.2) is 61.2 Å². The SMILES string of the molecule is N#Cc1cnc2c(cnn2-c2cc(NC3CCOCC3)c(-n3cc(C4CCC(CCN5CCN(c6ccc(N7CCC(=O)NC7=O)cc6)CC5)CC4)nn3)cn2)c1. The van der Waals surface area contributed by atoms with Gasteiger partial charge in [0.1, 0.15) is 11.8 Å². The Morgan fingerprint density at radius 1 is 0.895 bits per heavy atom. The molecule has 1 aromatic carbocycles. The molecule has 3 aliphatic heterocycles. The number of hydrogen-bond donors (Lipinski definition) is 2. The summed E-state index contributed by atoms with van der Waals surface area (Å²) < 4.78 is 9.17. The Hall–Kier alpha value is -5.92. The number of carbonyl (C=O) groups is 2. The number of rotatable bonds is 10. The van der Waals surface area contributed by atoms with Crippen molar-refractivity contribution in [2.75, 3.05) is 67.6 Å². The molecule has 294 valence electrons. The summed E-state index contributed by atoms with van der Waals surface area (Å²) in [4.78, 5) is 39.7. The number of nitrogens with zero attached hydrogens (tertiary/aromatic N) is 11. The van der Waals surface area contributed by atoms with E-state index in [-0.39, 0.29) is 18.0 Å². The lowest BCUT2D eigenvalue weighted by atomic mass is 9.79. The number of nitrogens with one attached hydrogen (secondary N) is 2. The average molecular weight is 770 g/mol. The molecule has 16 nitrogen and oxygen atoms in total. The molecule has 4 aliphatic rings. The minimum absolute atomic E-state index is 0.219. The third kappa shape index (κ3) is 8.03. The molecule has 1 saturated carbocycles. The second kappa shape index (κ2) is 16.3. The number of urea groups is 1. The van der Waals surface area contributed by atoms with Crippen LogP contribution < -0.4 is 20.4 Å². The first-order valence-electron chi connectivity index (χ1n) is 20.2. The summed E-state index contributed by atoms with van der Waals surface area (Å²) >= 11 is 0. The first-order chi connectivity index (χ1) is 28.0. The molecule has 0 radical (unpaired) electrons. The van der Waals surface area contributed by atoms with Gasteiger partial charge in [-0.25, -0.2) is 19.4 Å². The molecule has 3 saturated heterocycles. The van der Waals surface area contributed by atoms with Gasteiger partial charge in [0.2, 0.25) is 5.91 Å². The average Bonchev–Trinajstić information content (AvgIpc) is 3.92. The van der Waals surface area contributed by atoms with Crippen molar-refractivity contribution in [3.63, 3.8) is 0 Å². The van der Waals surface area contributed by atoms with E-state index >= 15 is 0 Å². The molecule has 4 aromatic heterocycles. The second-order valence-corrected chi connectivity index (χ2v) is 15.6. The molecule has 2 N–H and O–H groups in total. The molecular weight excluding hydrogens is 723 g/mol. The Kier molecular flexibility index (Phi) is 10.5. The van der Waals surface area contributed by atoms with E-state index in [1.807, 2.05) is 29.1 Å². The number of imide groups is 1. The van der Waals surface area contributed by atoms with Crippen LogP contribution in [-0.2, 0) is 9.53 Å². The van der Waals surface area contributed by atoms with Crippen molar-refractivity contribution >= 4 is 40.0 Å². The number of ether oxygens (including phenoxy) is 1. The van der Waals surface area contributed by atoms with Crippen molar-refractivity contribution in [2.24, 2.45) is 5.92 Å². The van der Waals surface area contributed by atoms with Crippen molar-refractivity contribution in [3.8, 4) is 17.6 Å². The van der Waals surface area contributed by atoms with Crippen LogP contribution in [0.2, 0.25) is 0 Å². The van der Waals surface area contributed by atoms with Gasteiger partial charge in [0, 0.05) is 93.3 Å². The molecule has 0 bridgehead atoms. The van der Waals surface area contributed by atoms with Gasteiger partial charge >= 0.3 is 6.03 Å². The molecule has 5 aromatic rings. The fraction of sp³-hybridized carbons (Fsp3) is 0.463. The van der Waals surface area contributed by atoms with Crippen LogP contribution in [-0.4, -0.2) is 110 Å². The summed E-state index contributed by atoms with van der Waals surface area (Å²) in [6, 6.07) is 13.9. The van der Waals surface area contributed by atoms with Gasteiger partial charge in [-0.3, -0.25) is 19.9 Å². The summed E-state index contributed by atoms with van der Waals surface area (Å²) in [5.41, 5.74) is 5.86. The Morgan fingerprint density at radius 2 is 1.68 bits per heavy atom. The largest absolute Gasteiger partial charge is 0.381 e. The highest BCUT2D eigenvalue weighted by Crippen LogP contribution is 2.37. The Balaban J connectivity index is 0.786. The van der Waals surface area contributed by atoms with Gasteiger partial charge in [-0.05, 0) is 87.7 Å². The number of benzene rings is 1. The van der Waals surface area contributed by atoms with Gasteiger partial charge in [-0.2, -0.15) is 15.0 Å². The molecule has 0 unspecified atom stereocenters. The molecule has 57 heavy (non-hydrogen) atoms. The first kappa shape index (κ1) is 36.7. The topological polar surface area (TPSA) is 175 Å². The molecule has 3 amide bonds. The molecule has 1 aliphatic carbocycles. The Bertz CT molecular complexity index is 2260. The van der Waals surface area contributed by atoms with E-state index in [1.165, 1.54) is 24.9 Å². The molecular formula is C41H47N13O3. The molecule has 9 rings (SSSR count). The highest BCUT2D eigenvalue weighted by Gasteiger charge is 2.28. The maximum absolute atomic E-state index is 12.2. The van der Waals surface area contributed by atoms with E-state index in [2.05, 4.69) is 65.2 Å². The van der Waals surface area contributed by atoms with Crippen LogP contribution >= 0.6 is 0 Å². The maximum atomic E-state index is 12.2. The van der Waals surface area contributed by atoms with E-state index in [0.717, 1.165) is 106 Å². The van der Waals surface area contributed by atoms with Gasteiger partial charge in [0.25, 0.3) is 0 Å². The highest BCUT2D eigenvalue weighted by atomic mass is 16.5. The lowest BCUT2D eigenvalue weighted by Crippen LogP contribution is -2.49. The summed E-state index contributed by atoms with van der Waals surface area (Å²) in [5, 5.41) is 30.1. The number of anilines is 3. The monoisotopic (exact) mass is 769 g/mol. The Morgan fingerprint density at radius 3 is 2.46 bits per heavy atom. The van der Waals surface area contributed by atoms with Crippen LogP contribution in [0, 0.1) is 17.2 Å². The molecule has 0 spiro atoms. The number of hydrogen-bond acceptors (Lipinski definition) is 12. The van der Waals surface area contributed by atoms with Gasteiger partial charge < -0.3 is 15.0 Å².